The van der Waals surface area contributed by atoms with E-state index in [1.165, 1.54) is 34.8 Å². The van der Waals surface area contributed by atoms with E-state index in [-0.39, 0.29) is 24.0 Å². The number of carbonyl (C=O) groups excluding carboxylic acids is 2. The summed E-state index contributed by atoms with van der Waals surface area (Å²) in [5.74, 6) is -0.285. The number of ether oxygens (including phenoxy) is 1. The van der Waals surface area contributed by atoms with E-state index >= 15 is 0 Å². The Kier molecular flexibility index (Phi) is 8.54. The average molecular weight is 541 g/mol. The lowest BCUT2D eigenvalue weighted by atomic mass is 10.2. The van der Waals surface area contributed by atoms with Gasteiger partial charge in [0.25, 0.3) is 11.8 Å². The van der Waals surface area contributed by atoms with Crippen molar-refractivity contribution in [3.05, 3.63) is 89.4 Å². The normalized spacial score (nSPS) is 16.0. The maximum Gasteiger partial charge on any atom is 0.262 e. The number of hydrogen-bond acceptors (Lipinski definition) is 6. The van der Waals surface area contributed by atoms with Crippen molar-refractivity contribution in [3.8, 4) is 5.75 Å². The highest BCUT2D eigenvalue weighted by Crippen LogP contribution is 2.27. The first-order valence-electron chi connectivity index (χ1n) is 11.5. The zero-order valence-corrected chi connectivity index (χ0v) is 21.3. The maximum absolute atomic E-state index is 13.0. The van der Waals surface area contributed by atoms with E-state index in [9.17, 15) is 18.0 Å². The Labute approximate surface area is 220 Å². The number of hydrogen-bond donors (Lipinski definition) is 2. The number of nitrogens with zero attached hydrogens (tertiary/aromatic N) is 2. The van der Waals surface area contributed by atoms with Crippen LogP contribution in [0, 0.1) is 0 Å². The number of halogens is 1. The van der Waals surface area contributed by atoms with Crippen molar-refractivity contribution in [2.24, 2.45) is 5.10 Å². The van der Waals surface area contributed by atoms with Crippen molar-refractivity contribution < 1.29 is 22.7 Å². The van der Waals surface area contributed by atoms with E-state index in [0.717, 1.165) is 0 Å². The lowest BCUT2D eigenvalue weighted by Gasteiger charge is -2.22. The third-order valence-electron chi connectivity index (χ3n) is 5.62. The van der Waals surface area contributed by atoms with Crippen LogP contribution < -0.4 is 15.5 Å². The molecule has 0 spiro atoms. The minimum absolute atomic E-state index is 0.0833. The van der Waals surface area contributed by atoms with E-state index in [4.69, 9.17) is 16.3 Å². The van der Waals surface area contributed by atoms with Crippen LogP contribution in [0.5, 0.6) is 5.75 Å². The summed E-state index contributed by atoms with van der Waals surface area (Å²) in [6, 6.07) is 20.9. The molecule has 1 fully saturated rings. The predicted molar refractivity (Wildman–Crippen MR) is 141 cm³/mol. The molecule has 4 rings (SSSR count). The molecule has 192 valence electrons. The molecule has 0 aliphatic carbocycles. The molecule has 0 bridgehead atoms. The molecule has 2 amide bonds. The van der Waals surface area contributed by atoms with Crippen molar-refractivity contribution in [2.75, 3.05) is 18.5 Å². The van der Waals surface area contributed by atoms with Crippen LogP contribution in [0.1, 0.15) is 18.4 Å². The van der Waals surface area contributed by atoms with Crippen LogP contribution in [-0.2, 0) is 19.6 Å². The minimum atomic E-state index is -3.84. The molecule has 2 N–H and O–H groups in total. The molecule has 0 unspecified atom stereocenters. The van der Waals surface area contributed by atoms with Gasteiger partial charge in [0.05, 0.1) is 11.1 Å². The van der Waals surface area contributed by atoms with Crippen LogP contribution in [-0.4, -0.2) is 49.9 Å². The van der Waals surface area contributed by atoms with Crippen LogP contribution in [0.4, 0.5) is 5.69 Å². The topological polar surface area (TPSA) is 117 Å². The molecule has 0 aromatic heterocycles. The fraction of sp³-hybridized carbons (Fsp3) is 0.192. The molecule has 11 heteroatoms. The number of para-hydroxylation sites is 1. The number of amides is 2. The van der Waals surface area contributed by atoms with Gasteiger partial charge in [0.1, 0.15) is 11.8 Å². The molecule has 1 aliphatic rings. The van der Waals surface area contributed by atoms with Crippen molar-refractivity contribution in [2.45, 2.75) is 23.8 Å². The van der Waals surface area contributed by atoms with Crippen LogP contribution in [0.2, 0.25) is 5.02 Å². The molecule has 37 heavy (non-hydrogen) atoms. The van der Waals surface area contributed by atoms with E-state index in [2.05, 4.69) is 15.8 Å². The third kappa shape index (κ3) is 6.94. The van der Waals surface area contributed by atoms with E-state index < -0.39 is 22.0 Å². The van der Waals surface area contributed by atoms with E-state index in [1.54, 1.807) is 36.4 Å². The van der Waals surface area contributed by atoms with Gasteiger partial charge in [0, 0.05) is 17.3 Å². The summed E-state index contributed by atoms with van der Waals surface area (Å²) in [7, 11) is -3.84. The first-order chi connectivity index (χ1) is 17.8. The van der Waals surface area contributed by atoms with Gasteiger partial charge < -0.3 is 10.1 Å². The Balaban J connectivity index is 1.28. The highest BCUT2D eigenvalue weighted by Gasteiger charge is 2.39. The van der Waals surface area contributed by atoms with Gasteiger partial charge in [-0.2, -0.15) is 9.41 Å². The second-order valence-electron chi connectivity index (χ2n) is 8.23. The van der Waals surface area contributed by atoms with Crippen LogP contribution >= 0.6 is 11.6 Å². The largest absolute Gasteiger partial charge is 0.484 e. The van der Waals surface area contributed by atoms with Crippen molar-refractivity contribution >= 4 is 45.3 Å². The SMILES string of the molecule is O=C(COc1ccc(/C=N\NC(=O)[C@H]2CCCN2S(=O)(=O)c2ccc(Cl)cc2)cc1)Nc1ccccc1. The Morgan fingerprint density at radius 3 is 2.43 bits per heavy atom. The number of rotatable bonds is 9. The summed E-state index contributed by atoms with van der Waals surface area (Å²) in [4.78, 5) is 24.8. The summed E-state index contributed by atoms with van der Waals surface area (Å²) >= 11 is 5.86. The van der Waals surface area contributed by atoms with Crippen LogP contribution in [0.25, 0.3) is 0 Å². The Hall–Kier alpha value is -3.73. The minimum Gasteiger partial charge on any atom is -0.484 e. The van der Waals surface area contributed by atoms with Gasteiger partial charge in [0.15, 0.2) is 6.61 Å². The highest BCUT2D eigenvalue weighted by atomic mass is 35.5. The summed E-state index contributed by atoms with van der Waals surface area (Å²) in [6.45, 7) is 0.104. The average Bonchev–Trinajstić information content (AvgIpc) is 3.40. The molecule has 1 heterocycles. The summed E-state index contributed by atoms with van der Waals surface area (Å²) < 4.78 is 32.7. The lowest BCUT2D eigenvalue weighted by Crippen LogP contribution is -2.44. The fourth-order valence-corrected chi connectivity index (χ4v) is 5.58. The van der Waals surface area contributed by atoms with Gasteiger partial charge in [-0.1, -0.05) is 29.8 Å². The molecule has 1 saturated heterocycles. The Morgan fingerprint density at radius 2 is 1.73 bits per heavy atom. The van der Waals surface area contributed by atoms with Crippen molar-refractivity contribution in [1.82, 2.24) is 9.73 Å². The lowest BCUT2D eigenvalue weighted by molar-refractivity contribution is -0.124. The summed E-state index contributed by atoms with van der Waals surface area (Å²) in [5.41, 5.74) is 3.80. The third-order valence-corrected chi connectivity index (χ3v) is 7.80. The monoisotopic (exact) mass is 540 g/mol. The number of sulfonamides is 1. The standard InChI is InChI=1S/C26H25ClN4O5S/c27-20-10-14-23(15-11-20)37(34,35)31-16-4-7-24(31)26(33)30-28-17-19-8-12-22(13-9-19)36-18-25(32)29-21-5-2-1-3-6-21/h1-3,5-6,8-15,17,24H,4,7,16,18H2,(H,29,32)(H,30,33)/b28-17-/t24-/m1/s1. The van der Waals surface area contributed by atoms with E-state index in [0.29, 0.717) is 34.9 Å². The number of nitrogens with one attached hydrogen (secondary N) is 2. The Bertz CT molecular complexity index is 1360. The van der Waals surface area contributed by atoms with E-state index in [1.807, 2.05) is 18.2 Å². The smallest absolute Gasteiger partial charge is 0.262 e. The second-order valence-corrected chi connectivity index (χ2v) is 10.6. The Morgan fingerprint density at radius 1 is 1.03 bits per heavy atom. The molecule has 9 nitrogen and oxygen atoms in total. The molecular weight excluding hydrogens is 516 g/mol. The molecule has 3 aromatic rings. The van der Waals surface area contributed by atoms with Gasteiger partial charge in [-0.3, -0.25) is 9.59 Å². The van der Waals surface area contributed by atoms with Gasteiger partial charge in [-0.05, 0) is 79.1 Å². The summed E-state index contributed by atoms with van der Waals surface area (Å²) in [5, 5.41) is 7.13. The first-order valence-corrected chi connectivity index (χ1v) is 13.3. The van der Waals surface area contributed by atoms with Crippen LogP contribution in [0.3, 0.4) is 0 Å². The highest BCUT2D eigenvalue weighted by molar-refractivity contribution is 7.89. The second kappa shape index (κ2) is 12.0. The first kappa shape index (κ1) is 26.3. The molecule has 3 aromatic carbocycles. The number of anilines is 1. The number of hydrazone groups is 1. The van der Waals surface area contributed by atoms with Gasteiger partial charge in [-0.25, -0.2) is 13.8 Å². The van der Waals surface area contributed by atoms with Gasteiger partial charge >= 0.3 is 0 Å². The van der Waals surface area contributed by atoms with Crippen molar-refractivity contribution in [3.63, 3.8) is 0 Å². The maximum atomic E-state index is 13.0. The molecule has 0 saturated carbocycles. The summed E-state index contributed by atoms with van der Waals surface area (Å²) in [6.07, 6.45) is 2.41. The van der Waals surface area contributed by atoms with Crippen molar-refractivity contribution in [1.29, 1.82) is 0 Å². The van der Waals surface area contributed by atoms with Gasteiger partial charge in [-0.15, -0.1) is 0 Å². The quantitative estimate of drug-likeness (QED) is 0.317. The number of carbonyl (C=O) groups is 2. The van der Waals surface area contributed by atoms with Gasteiger partial charge in [0.2, 0.25) is 10.0 Å². The zero-order chi connectivity index (χ0) is 26.3. The zero-order valence-electron chi connectivity index (χ0n) is 19.7. The number of benzene rings is 3. The predicted octanol–water partition coefficient (Wildman–Crippen LogP) is 3.66. The van der Waals surface area contributed by atoms with Crippen LogP contribution in [0.15, 0.2) is 88.9 Å². The molecule has 1 aliphatic heterocycles. The fourth-order valence-electron chi connectivity index (χ4n) is 3.79. The molecule has 1 atom stereocenters. The molecule has 0 radical (unpaired) electrons. The molecular formula is C26H25ClN4O5S.